The molecule has 3 aromatic rings. The van der Waals surface area contributed by atoms with Crippen LogP contribution in [-0.4, -0.2) is 47.5 Å². The minimum Gasteiger partial charge on any atom is -0.301 e. The van der Waals surface area contributed by atoms with Crippen molar-refractivity contribution >= 4 is 0 Å². The Labute approximate surface area is 168 Å². The summed E-state index contributed by atoms with van der Waals surface area (Å²) in [6, 6.07) is 26.1. The molecular formula is C25H29N3. The quantitative estimate of drug-likeness (QED) is 0.613. The van der Waals surface area contributed by atoms with Gasteiger partial charge in [0.2, 0.25) is 0 Å². The highest BCUT2D eigenvalue weighted by Crippen LogP contribution is 2.28. The molecule has 1 aromatic heterocycles. The van der Waals surface area contributed by atoms with E-state index in [9.17, 15) is 0 Å². The maximum absolute atomic E-state index is 4.11. The van der Waals surface area contributed by atoms with Crippen LogP contribution in [0.15, 0.2) is 85.2 Å². The lowest BCUT2D eigenvalue weighted by Crippen LogP contribution is -2.46. The van der Waals surface area contributed by atoms with Crippen LogP contribution in [0.5, 0.6) is 0 Å². The highest BCUT2D eigenvalue weighted by atomic mass is 15.3. The number of pyridine rings is 1. The Morgan fingerprint density at radius 2 is 1.21 bits per heavy atom. The fourth-order valence-electron chi connectivity index (χ4n) is 4.13. The first kappa shape index (κ1) is 18.9. The summed E-state index contributed by atoms with van der Waals surface area (Å²) in [5.41, 5.74) is 4.20. The van der Waals surface area contributed by atoms with Crippen LogP contribution in [0.4, 0.5) is 0 Å². The number of aromatic nitrogens is 1. The minimum atomic E-state index is 0.470. The molecule has 0 atom stereocenters. The molecule has 0 saturated carbocycles. The number of rotatable bonds is 7. The van der Waals surface area contributed by atoms with Crippen molar-refractivity contribution in [3.63, 3.8) is 0 Å². The van der Waals surface area contributed by atoms with Crippen LogP contribution in [-0.2, 0) is 6.54 Å². The molecular weight excluding hydrogens is 342 g/mol. The van der Waals surface area contributed by atoms with E-state index in [1.807, 2.05) is 12.4 Å². The minimum absolute atomic E-state index is 0.470. The van der Waals surface area contributed by atoms with E-state index in [0.717, 1.165) is 39.3 Å². The van der Waals surface area contributed by atoms with Crippen LogP contribution >= 0.6 is 0 Å². The monoisotopic (exact) mass is 371 g/mol. The first-order valence-corrected chi connectivity index (χ1v) is 10.3. The summed E-state index contributed by atoms with van der Waals surface area (Å²) in [5.74, 6) is 0.470. The molecule has 4 rings (SSSR count). The molecule has 1 aliphatic rings. The largest absolute Gasteiger partial charge is 0.301 e. The number of hydrogen-bond donors (Lipinski definition) is 0. The third-order valence-electron chi connectivity index (χ3n) is 5.76. The molecule has 1 saturated heterocycles. The zero-order valence-corrected chi connectivity index (χ0v) is 16.5. The van der Waals surface area contributed by atoms with Crippen molar-refractivity contribution in [3.8, 4) is 0 Å². The fraction of sp³-hybridized carbons (Fsp3) is 0.320. The molecule has 0 bridgehead atoms. The molecule has 3 nitrogen and oxygen atoms in total. The van der Waals surface area contributed by atoms with Crippen LogP contribution in [0.1, 0.15) is 29.0 Å². The molecule has 0 N–H and O–H groups in total. The van der Waals surface area contributed by atoms with Crippen LogP contribution < -0.4 is 0 Å². The number of benzene rings is 2. The maximum atomic E-state index is 4.11. The second-order valence-electron chi connectivity index (χ2n) is 7.64. The van der Waals surface area contributed by atoms with Crippen LogP contribution in [0.3, 0.4) is 0 Å². The van der Waals surface area contributed by atoms with E-state index in [1.165, 1.54) is 23.1 Å². The van der Waals surface area contributed by atoms with E-state index in [4.69, 9.17) is 0 Å². The van der Waals surface area contributed by atoms with Crippen molar-refractivity contribution in [1.82, 2.24) is 14.8 Å². The molecule has 2 heterocycles. The van der Waals surface area contributed by atoms with Gasteiger partial charge in [0, 0.05) is 51.0 Å². The SMILES string of the molecule is c1ccc(C(CCN2CCN(Cc3ccncc3)CC2)c2ccccc2)cc1. The molecule has 3 heteroatoms. The van der Waals surface area contributed by atoms with Gasteiger partial charge in [-0.2, -0.15) is 0 Å². The standard InChI is InChI=1S/C25H29N3/c1-3-7-23(8-4-1)25(24-9-5-2-6-10-24)13-16-27-17-19-28(20-18-27)21-22-11-14-26-15-12-22/h1-12,14-15,25H,13,16-21H2. The second-order valence-corrected chi connectivity index (χ2v) is 7.64. The van der Waals surface area contributed by atoms with Gasteiger partial charge in [-0.25, -0.2) is 0 Å². The molecule has 1 aliphatic heterocycles. The van der Waals surface area contributed by atoms with Gasteiger partial charge in [-0.15, -0.1) is 0 Å². The van der Waals surface area contributed by atoms with E-state index in [-0.39, 0.29) is 0 Å². The van der Waals surface area contributed by atoms with Crippen molar-refractivity contribution in [2.45, 2.75) is 18.9 Å². The van der Waals surface area contributed by atoms with Crippen molar-refractivity contribution in [2.24, 2.45) is 0 Å². The predicted molar refractivity (Wildman–Crippen MR) is 115 cm³/mol. The lowest BCUT2D eigenvalue weighted by molar-refractivity contribution is 0.125. The summed E-state index contributed by atoms with van der Waals surface area (Å²) in [4.78, 5) is 9.29. The fourth-order valence-corrected chi connectivity index (χ4v) is 4.13. The Morgan fingerprint density at radius 1 is 0.679 bits per heavy atom. The second kappa shape index (κ2) is 9.63. The van der Waals surface area contributed by atoms with Crippen molar-refractivity contribution in [3.05, 3.63) is 102 Å². The van der Waals surface area contributed by atoms with Gasteiger partial charge in [-0.05, 0) is 41.8 Å². The Kier molecular flexibility index (Phi) is 6.48. The Morgan fingerprint density at radius 3 is 1.79 bits per heavy atom. The van der Waals surface area contributed by atoms with E-state index >= 15 is 0 Å². The Hall–Kier alpha value is -2.49. The van der Waals surface area contributed by atoms with Gasteiger partial charge in [0.05, 0.1) is 0 Å². The summed E-state index contributed by atoms with van der Waals surface area (Å²) in [5, 5.41) is 0. The van der Waals surface area contributed by atoms with Crippen molar-refractivity contribution < 1.29 is 0 Å². The average molecular weight is 372 g/mol. The molecule has 2 aromatic carbocycles. The molecule has 0 spiro atoms. The van der Waals surface area contributed by atoms with Gasteiger partial charge >= 0.3 is 0 Å². The Balaban J connectivity index is 1.33. The van der Waals surface area contributed by atoms with Gasteiger partial charge < -0.3 is 4.90 Å². The number of nitrogens with zero attached hydrogens (tertiary/aromatic N) is 3. The molecule has 0 radical (unpaired) electrons. The van der Waals surface area contributed by atoms with Crippen molar-refractivity contribution in [2.75, 3.05) is 32.7 Å². The zero-order chi connectivity index (χ0) is 19.0. The van der Waals surface area contributed by atoms with E-state index < -0.39 is 0 Å². The molecule has 0 unspecified atom stereocenters. The number of hydrogen-bond acceptors (Lipinski definition) is 3. The van der Waals surface area contributed by atoms with E-state index in [0.29, 0.717) is 5.92 Å². The first-order valence-electron chi connectivity index (χ1n) is 10.3. The molecule has 144 valence electrons. The summed E-state index contributed by atoms with van der Waals surface area (Å²) in [6.07, 6.45) is 4.94. The lowest BCUT2D eigenvalue weighted by atomic mass is 9.88. The third-order valence-corrected chi connectivity index (χ3v) is 5.76. The number of piperazine rings is 1. The molecule has 0 aliphatic carbocycles. The molecule has 0 amide bonds. The zero-order valence-electron chi connectivity index (χ0n) is 16.5. The van der Waals surface area contributed by atoms with Gasteiger partial charge in [0.25, 0.3) is 0 Å². The highest BCUT2D eigenvalue weighted by molar-refractivity contribution is 5.32. The first-order chi connectivity index (χ1) is 13.9. The summed E-state index contributed by atoms with van der Waals surface area (Å²) < 4.78 is 0. The lowest BCUT2D eigenvalue weighted by Gasteiger charge is -2.35. The Bertz CT molecular complexity index is 773. The van der Waals surface area contributed by atoms with E-state index in [1.54, 1.807) is 0 Å². The van der Waals surface area contributed by atoms with Gasteiger partial charge in [-0.3, -0.25) is 9.88 Å². The highest BCUT2D eigenvalue weighted by Gasteiger charge is 2.20. The normalized spacial score (nSPS) is 15.8. The summed E-state index contributed by atoms with van der Waals surface area (Å²) in [7, 11) is 0. The molecule has 28 heavy (non-hydrogen) atoms. The predicted octanol–water partition coefficient (Wildman–Crippen LogP) is 4.42. The summed E-state index contributed by atoms with van der Waals surface area (Å²) in [6.45, 7) is 6.78. The van der Waals surface area contributed by atoms with Crippen molar-refractivity contribution in [1.29, 1.82) is 0 Å². The van der Waals surface area contributed by atoms with Gasteiger partial charge in [-0.1, -0.05) is 60.7 Å². The summed E-state index contributed by atoms with van der Waals surface area (Å²) >= 11 is 0. The van der Waals surface area contributed by atoms with Crippen LogP contribution in [0, 0.1) is 0 Å². The third kappa shape index (κ3) is 5.06. The smallest absolute Gasteiger partial charge is 0.0271 e. The topological polar surface area (TPSA) is 19.4 Å². The molecule has 1 fully saturated rings. The van der Waals surface area contributed by atoms with Gasteiger partial charge in [0.1, 0.15) is 0 Å². The average Bonchev–Trinajstić information content (AvgIpc) is 2.77. The van der Waals surface area contributed by atoms with Gasteiger partial charge in [0.15, 0.2) is 0 Å². The van der Waals surface area contributed by atoms with Crippen LogP contribution in [0.2, 0.25) is 0 Å². The maximum Gasteiger partial charge on any atom is 0.0271 e. The van der Waals surface area contributed by atoms with Crippen LogP contribution in [0.25, 0.3) is 0 Å². The van der Waals surface area contributed by atoms with E-state index in [2.05, 4.69) is 87.6 Å².